The highest BCUT2D eigenvalue weighted by atomic mass is 16.5. The Kier molecular flexibility index (Phi) is 2.80. The standard InChI is InChI=1S/C16H13NO2/c1-19-14-6-7-16(13(10-14)11-18)17-9-8-12-4-2-3-5-15(12)17/h2-11H,1H3. The minimum absolute atomic E-state index is 0.612. The lowest BCUT2D eigenvalue weighted by Crippen LogP contribution is -1.98. The lowest BCUT2D eigenvalue weighted by atomic mass is 10.1. The van der Waals surface area contributed by atoms with Gasteiger partial charge >= 0.3 is 0 Å². The molecule has 0 amide bonds. The first-order valence-corrected chi connectivity index (χ1v) is 6.03. The summed E-state index contributed by atoms with van der Waals surface area (Å²) in [5, 5.41) is 1.15. The Balaban J connectivity index is 2.24. The van der Waals surface area contributed by atoms with Crippen LogP contribution in [0, 0.1) is 0 Å². The van der Waals surface area contributed by atoms with Crippen LogP contribution in [0.1, 0.15) is 10.4 Å². The number of rotatable bonds is 3. The summed E-state index contributed by atoms with van der Waals surface area (Å²) in [4.78, 5) is 11.3. The van der Waals surface area contributed by atoms with Gasteiger partial charge < -0.3 is 9.30 Å². The van der Waals surface area contributed by atoms with Crippen LogP contribution in [0.2, 0.25) is 0 Å². The number of aromatic nitrogens is 1. The van der Waals surface area contributed by atoms with Crippen LogP contribution in [0.5, 0.6) is 5.75 Å². The van der Waals surface area contributed by atoms with Crippen LogP contribution >= 0.6 is 0 Å². The van der Waals surface area contributed by atoms with Crippen molar-refractivity contribution in [1.82, 2.24) is 4.57 Å². The molecule has 1 aromatic heterocycles. The summed E-state index contributed by atoms with van der Waals surface area (Å²) in [5.41, 5.74) is 2.55. The Bertz CT molecular complexity index is 743. The van der Waals surface area contributed by atoms with Crippen molar-refractivity contribution in [2.45, 2.75) is 0 Å². The van der Waals surface area contributed by atoms with Crippen molar-refractivity contribution in [1.29, 1.82) is 0 Å². The van der Waals surface area contributed by atoms with E-state index in [0.717, 1.165) is 22.9 Å². The molecule has 19 heavy (non-hydrogen) atoms. The zero-order valence-corrected chi connectivity index (χ0v) is 10.5. The van der Waals surface area contributed by atoms with E-state index in [9.17, 15) is 4.79 Å². The largest absolute Gasteiger partial charge is 0.497 e. The number of benzene rings is 2. The Morgan fingerprint density at radius 2 is 1.95 bits per heavy atom. The van der Waals surface area contributed by atoms with E-state index < -0.39 is 0 Å². The molecule has 0 N–H and O–H groups in total. The van der Waals surface area contributed by atoms with Crippen LogP contribution in [-0.2, 0) is 0 Å². The number of carbonyl (C=O) groups is 1. The summed E-state index contributed by atoms with van der Waals surface area (Å²) in [6, 6.07) is 15.6. The highest BCUT2D eigenvalue weighted by Gasteiger charge is 2.08. The van der Waals surface area contributed by atoms with Crippen molar-refractivity contribution < 1.29 is 9.53 Å². The average molecular weight is 251 g/mol. The fraction of sp³-hybridized carbons (Fsp3) is 0.0625. The molecule has 94 valence electrons. The molecule has 0 saturated heterocycles. The van der Waals surface area contributed by atoms with Gasteiger partial charge in [0, 0.05) is 11.8 Å². The van der Waals surface area contributed by atoms with E-state index in [1.807, 2.05) is 47.2 Å². The van der Waals surface area contributed by atoms with Crippen LogP contribution in [0.3, 0.4) is 0 Å². The summed E-state index contributed by atoms with van der Waals surface area (Å²) in [5.74, 6) is 0.683. The smallest absolute Gasteiger partial charge is 0.152 e. The maximum Gasteiger partial charge on any atom is 0.152 e. The second kappa shape index (κ2) is 4.61. The molecular weight excluding hydrogens is 238 g/mol. The molecule has 0 aliphatic carbocycles. The molecule has 0 spiro atoms. The number of nitrogens with zero attached hydrogens (tertiary/aromatic N) is 1. The predicted octanol–water partition coefficient (Wildman–Crippen LogP) is 3.45. The van der Waals surface area contributed by atoms with Gasteiger partial charge in [0.25, 0.3) is 0 Å². The topological polar surface area (TPSA) is 31.2 Å². The summed E-state index contributed by atoms with van der Waals surface area (Å²) >= 11 is 0. The Labute approximate surface area is 111 Å². The number of fused-ring (bicyclic) bond motifs is 1. The van der Waals surface area contributed by atoms with Crippen LogP contribution < -0.4 is 4.74 Å². The van der Waals surface area contributed by atoms with Gasteiger partial charge in [-0.15, -0.1) is 0 Å². The van der Waals surface area contributed by atoms with Gasteiger partial charge in [0.15, 0.2) is 6.29 Å². The minimum Gasteiger partial charge on any atom is -0.497 e. The van der Waals surface area contributed by atoms with Crippen molar-refractivity contribution in [3.8, 4) is 11.4 Å². The Morgan fingerprint density at radius 3 is 2.74 bits per heavy atom. The SMILES string of the molecule is COc1ccc(-n2ccc3ccccc32)c(C=O)c1. The average Bonchev–Trinajstić information content (AvgIpc) is 2.90. The first-order chi connectivity index (χ1) is 9.33. The van der Waals surface area contributed by atoms with Crippen LogP contribution in [0.15, 0.2) is 54.7 Å². The molecule has 0 radical (unpaired) electrons. The second-order valence-corrected chi connectivity index (χ2v) is 4.29. The van der Waals surface area contributed by atoms with Crippen LogP contribution in [0.4, 0.5) is 0 Å². The van der Waals surface area contributed by atoms with Gasteiger partial charge in [0.05, 0.1) is 18.3 Å². The lowest BCUT2D eigenvalue weighted by molar-refractivity contribution is 0.112. The number of ether oxygens (including phenoxy) is 1. The van der Waals surface area contributed by atoms with Crippen LogP contribution in [-0.4, -0.2) is 18.0 Å². The maximum absolute atomic E-state index is 11.3. The van der Waals surface area contributed by atoms with Gasteiger partial charge in [-0.25, -0.2) is 0 Å². The number of aldehydes is 1. The molecule has 0 bridgehead atoms. The summed E-state index contributed by atoms with van der Waals surface area (Å²) in [6.07, 6.45) is 2.83. The normalized spacial score (nSPS) is 10.6. The number of hydrogen-bond acceptors (Lipinski definition) is 2. The highest BCUT2D eigenvalue weighted by molar-refractivity contribution is 5.87. The number of carbonyl (C=O) groups excluding carboxylic acids is 1. The fourth-order valence-electron chi connectivity index (χ4n) is 2.27. The molecule has 0 unspecified atom stereocenters. The van der Waals surface area contributed by atoms with E-state index in [4.69, 9.17) is 4.74 Å². The van der Waals surface area contributed by atoms with Gasteiger partial charge in [-0.1, -0.05) is 18.2 Å². The molecule has 3 nitrogen and oxygen atoms in total. The zero-order valence-electron chi connectivity index (χ0n) is 10.5. The third kappa shape index (κ3) is 1.89. The Hall–Kier alpha value is -2.55. The van der Waals surface area contributed by atoms with Gasteiger partial charge in [-0.3, -0.25) is 4.79 Å². The van der Waals surface area contributed by atoms with E-state index >= 15 is 0 Å². The van der Waals surface area contributed by atoms with Gasteiger partial charge in [-0.05, 0) is 35.7 Å². The van der Waals surface area contributed by atoms with E-state index in [1.165, 1.54) is 0 Å². The van der Waals surface area contributed by atoms with Crippen LogP contribution in [0.25, 0.3) is 16.6 Å². The second-order valence-electron chi connectivity index (χ2n) is 4.29. The molecule has 0 saturated carbocycles. The third-order valence-electron chi connectivity index (χ3n) is 3.22. The summed E-state index contributed by atoms with van der Waals surface area (Å²) < 4.78 is 7.16. The van der Waals surface area contributed by atoms with Gasteiger partial charge in [-0.2, -0.15) is 0 Å². The van der Waals surface area contributed by atoms with Crippen molar-refractivity contribution in [3.05, 3.63) is 60.3 Å². The maximum atomic E-state index is 11.3. The quantitative estimate of drug-likeness (QED) is 0.667. The first-order valence-electron chi connectivity index (χ1n) is 6.03. The highest BCUT2D eigenvalue weighted by Crippen LogP contribution is 2.24. The molecule has 0 fully saturated rings. The number of para-hydroxylation sites is 1. The van der Waals surface area contributed by atoms with Crippen molar-refractivity contribution in [2.24, 2.45) is 0 Å². The molecule has 0 atom stereocenters. The predicted molar refractivity (Wildman–Crippen MR) is 75.2 cm³/mol. The Morgan fingerprint density at radius 1 is 1.11 bits per heavy atom. The van der Waals surface area contributed by atoms with Crippen molar-refractivity contribution in [2.75, 3.05) is 7.11 Å². The van der Waals surface area contributed by atoms with E-state index in [0.29, 0.717) is 11.3 Å². The van der Waals surface area contributed by atoms with E-state index in [-0.39, 0.29) is 0 Å². The first kappa shape index (κ1) is 11.5. The fourth-order valence-corrected chi connectivity index (χ4v) is 2.27. The summed E-state index contributed by atoms with van der Waals surface area (Å²) in [7, 11) is 1.59. The minimum atomic E-state index is 0.612. The molecule has 0 aliphatic heterocycles. The summed E-state index contributed by atoms with van der Waals surface area (Å²) in [6.45, 7) is 0. The zero-order chi connectivity index (χ0) is 13.2. The molecule has 3 rings (SSSR count). The molecule has 1 heterocycles. The van der Waals surface area contributed by atoms with Crippen molar-refractivity contribution >= 4 is 17.2 Å². The molecular formula is C16H13NO2. The number of hydrogen-bond donors (Lipinski definition) is 0. The van der Waals surface area contributed by atoms with E-state index in [2.05, 4.69) is 6.07 Å². The molecule has 2 aromatic carbocycles. The monoisotopic (exact) mass is 251 g/mol. The van der Waals surface area contributed by atoms with Crippen molar-refractivity contribution in [3.63, 3.8) is 0 Å². The van der Waals surface area contributed by atoms with E-state index in [1.54, 1.807) is 13.2 Å². The molecule has 3 aromatic rings. The van der Waals surface area contributed by atoms with Gasteiger partial charge in [0.2, 0.25) is 0 Å². The third-order valence-corrected chi connectivity index (χ3v) is 3.22. The molecule has 3 heteroatoms. The lowest BCUT2D eigenvalue weighted by Gasteiger charge is -2.10. The van der Waals surface area contributed by atoms with Gasteiger partial charge in [0.1, 0.15) is 5.75 Å². The molecule has 0 aliphatic rings. The number of methoxy groups -OCH3 is 1.